The molecular formula is C38H38N6O11S2. The van der Waals surface area contributed by atoms with Crippen molar-refractivity contribution in [1.82, 2.24) is 20.5 Å². The monoisotopic (exact) mass is 818 g/mol. The van der Waals surface area contributed by atoms with Crippen molar-refractivity contribution in [3.8, 4) is 0 Å². The van der Waals surface area contributed by atoms with E-state index in [0.29, 0.717) is 18.4 Å². The lowest BCUT2D eigenvalue weighted by molar-refractivity contribution is -0.164. The van der Waals surface area contributed by atoms with E-state index >= 15 is 0 Å². The minimum atomic E-state index is -1.89. The van der Waals surface area contributed by atoms with Gasteiger partial charge in [-0.3, -0.25) is 19.3 Å². The first kappa shape index (κ1) is 41.8. The number of allylic oxidation sites excluding steroid dienone is 1. The second-order valence-electron chi connectivity index (χ2n) is 13.2. The predicted octanol–water partition coefficient (Wildman–Crippen LogP) is 3.31. The molecule has 2 aliphatic heterocycles. The van der Waals surface area contributed by atoms with E-state index in [9.17, 15) is 33.6 Å². The molecular weight excluding hydrogens is 781 g/mol. The summed E-state index contributed by atoms with van der Waals surface area (Å²) in [4.78, 5) is 101. The smallest absolute Gasteiger partial charge is 0.407 e. The van der Waals surface area contributed by atoms with E-state index in [4.69, 9.17) is 19.0 Å². The summed E-state index contributed by atoms with van der Waals surface area (Å²) in [5.41, 5.74) is 0.443. The molecule has 3 atom stereocenters. The van der Waals surface area contributed by atoms with Crippen LogP contribution >= 0.6 is 23.1 Å². The summed E-state index contributed by atoms with van der Waals surface area (Å²) >= 11 is 2.24. The lowest BCUT2D eigenvalue weighted by atomic mass is 10.00. The molecule has 2 aliphatic rings. The maximum atomic E-state index is 13.9. The summed E-state index contributed by atoms with van der Waals surface area (Å²) < 4.78 is 16.1. The van der Waals surface area contributed by atoms with Gasteiger partial charge in [-0.15, -0.1) is 23.1 Å². The van der Waals surface area contributed by atoms with E-state index in [-0.39, 0.29) is 39.1 Å². The molecule has 2 aromatic carbocycles. The molecule has 17 nitrogen and oxygen atoms in total. The Labute approximate surface area is 334 Å². The SMILES string of the molecule is C=CC1=C(C(=O)OC(CNC(=O)OC(C)(C)C)C(=O)OC(=O)c2ccccc2Cc2ccccc2)N2C(=O)C(NC(=O)C(=NOC)c3csc(NC=O)n3)[C@@H]2SC1. The summed E-state index contributed by atoms with van der Waals surface area (Å²) in [5.74, 6) is -4.89. The quantitative estimate of drug-likeness (QED) is 0.0382. The molecule has 0 saturated carbocycles. The van der Waals surface area contributed by atoms with Gasteiger partial charge in [-0.25, -0.2) is 24.2 Å². The highest BCUT2D eigenvalue weighted by Crippen LogP contribution is 2.41. The van der Waals surface area contributed by atoms with Gasteiger partial charge in [0.15, 0.2) is 10.8 Å². The number of thioether (sulfide) groups is 1. The lowest BCUT2D eigenvalue weighted by Gasteiger charge is -2.49. The number of hydrogen-bond acceptors (Lipinski definition) is 15. The second kappa shape index (κ2) is 18.5. The van der Waals surface area contributed by atoms with Gasteiger partial charge in [0.05, 0.1) is 12.1 Å². The third-order valence-electron chi connectivity index (χ3n) is 8.06. The highest BCUT2D eigenvalue weighted by molar-refractivity contribution is 8.00. The lowest BCUT2D eigenvalue weighted by Crippen LogP contribution is -2.71. The summed E-state index contributed by atoms with van der Waals surface area (Å²) in [5, 5.41) is 11.9. The zero-order chi connectivity index (χ0) is 41.3. The van der Waals surface area contributed by atoms with Gasteiger partial charge in [-0.2, -0.15) is 0 Å². The van der Waals surface area contributed by atoms with E-state index in [1.165, 1.54) is 36.4 Å². The third-order valence-corrected chi connectivity index (χ3v) is 10.1. The molecule has 0 spiro atoms. The molecule has 4 amide bonds. The Hall–Kier alpha value is -6.34. The average molecular weight is 819 g/mol. The van der Waals surface area contributed by atoms with Gasteiger partial charge in [0.2, 0.25) is 12.5 Å². The van der Waals surface area contributed by atoms with Crippen LogP contribution in [0, 0.1) is 0 Å². The molecule has 5 rings (SSSR count). The van der Waals surface area contributed by atoms with Crippen LogP contribution in [0.4, 0.5) is 9.93 Å². The van der Waals surface area contributed by atoms with Gasteiger partial charge in [0.25, 0.3) is 11.8 Å². The van der Waals surface area contributed by atoms with Crippen molar-refractivity contribution < 1.29 is 52.6 Å². The summed E-state index contributed by atoms with van der Waals surface area (Å²) in [6.07, 6.45) is -0.723. The number of aromatic nitrogens is 1. The zero-order valence-electron chi connectivity index (χ0n) is 31.1. The fourth-order valence-corrected chi connectivity index (χ4v) is 7.54. The first-order valence-electron chi connectivity index (χ1n) is 17.2. The molecule has 3 N–H and O–H groups in total. The van der Waals surface area contributed by atoms with Gasteiger partial charge in [-0.1, -0.05) is 66.3 Å². The fraction of sp³-hybridized carbons (Fsp3) is 0.289. The van der Waals surface area contributed by atoms with Gasteiger partial charge in [0.1, 0.15) is 35.5 Å². The Kier molecular flexibility index (Phi) is 13.6. The van der Waals surface area contributed by atoms with E-state index in [0.717, 1.165) is 21.8 Å². The van der Waals surface area contributed by atoms with E-state index < -0.39 is 65.5 Å². The van der Waals surface area contributed by atoms with Crippen molar-refractivity contribution in [3.05, 3.63) is 106 Å². The molecule has 3 heterocycles. The number of nitrogens with zero attached hydrogens (tertiary/aromatic N) is 3. The number of esters is 3. The second-order valence-corrected chi connectivity index (χ2v) is 15.1. The number of carbonyl (C=O) groups excluding carboxylic acids is 7. The van der Waals surface area contributed by atoms with Crippen molar-refractivity contribution in [3.63, 3.8) is 0 Å². The number of rotatable bonds is 15. The minimum absolute atomic E-state index is 0.0674. The number of hydrogen-bond donors (Lipinski definition) is 3. The van der Waals surface area contributed by atoms with Crippen LogP contribution in [-0.4, -0.2) is 100 Å². The van der Waals surface area contributed by atoms with Crippen molar-refractivity contribution in [2.45, 2.75) is 50.3 Å². The molecule has 19 heteroatoms. The molecule has 1 fully saturated rings. The van der Waals surface area contributed by atoms with E-state index in [2.05, 4.69) is 32.7 Å². The van der Waals surface area contributed by atoms with E-state index in [1.54, 1.807) is 39.0 Å². The highest BCUT2D eigenvalue weighted by atomic mass is 32.2. The van der Waals surface area contributed by atoms with Crippen LogP contribution in [0.2, 0.25) is 0 Å². The molecule has 3 aromatic rings. The van der Waals surface area contributed by atoms with Crippen molar-refractivity contribution >= 4 is 76.2 Å². The van der Waals surface area contributed by atoms with Crippen LogP contribution in [0.1, 0.15) is 48.0 Å². The van der Waals surface area contributed by atoms with Crippen molar-refractivity contribution in [2.75, 3.05) is 24.7 Å². The number of carbonyl (C=O) groups is 7. The van der Waals surface area contributed by atoms with Crippen molar-refractivity contribution in [2.24, 2.45) is 5.16 Å². The Balaban J connectivity index is 1.34. The molecule has 1 aromatic heterocycles. The molecule has 57 heavy (non-hydrogen) atoms. The van der Waals surface area contributed by atoms with Crippen LogP contribution in [0.3, 0.4) is 0 Å². The van der Waals surface area contributed by atoms with Gasteiger partial charge in [0, 0.05) is 11.1 Å². The zero-order valence-corrected chi connectivity index (χ0v) is 32.8. The van der Waals surface area contributed by atoms with Crippen LogP contribution in [-0.2, 0) is 49.4 Å². The Morgan fingerprint density at radius 1 is 1.07 bits per heavy atom. The number of β-lactam (4-membered cyclic amide) rings is 1. The molecule has 1 saturated heterocycles. The highest BCUT2D eigenvalue weighted by Gasteiger charge is 2.55. The number of oxime groups is 1. The molecule has 0 aliphatic carbocycles. The van der Waals surface area contributed by atoms with Gasteiger partial charge < -0.3 is 35.0 Å². The number of ether oxygens (including phenoxy) is 3. The number of benzene rings is 2. The molecule has 298 valence electrons. The average Bonchev–Trinajstić information content (AvgIpc) is 3.64. The number of nitrogens with one attached hydrogen (secondary N) is 3. The standard InChI is InChI=1S/C38H38N6O11S2/c1-6-22-18-56-32-28(42-30(46)27(43-52-5)25-19-57-36(41-25)40-20-45)31(47)44(32)29(22)35(50)53-26(17-39-37(51)55-38(2,3)4)34(49)54-33(48)24-15-11-10-14-23(24)16-21-12-8-7-9-13-21/h6-15,19-20,26,28,32H,1,16-18H2,2-5H3,(H,39,51)(H,42,46)(H,40,41,45)/t26?,28?,32-/m0/s1. The van der Waals surface area contributed by atoms with E-state index in [1.807, 2.05) is 30.3 Å². The normalized spacial score (nSPS) is 16.9. The van der Waals surface area contributed by atoms with Crippen LogP contribution in [0.5, 0.6) is 0 Å². The maximum Gasteiger partial charge on any atom is 0.407 e. The largest absolute Gasteiger partial charge is 0.444 e. The summed E-state index contributed by atoms with van der Waals surface area (Å²) in [7, 11) is 1.21. The predicted molar refractivity (Wildman–Crippen MR) is 208 cm³/mol. The molecule has 2 unspecified atom stereocenters. The van der Waals surface area contributed by atoms with Gasteiger partial charge in [-0.05, 0) is 50.0 Å². The van der Waals surface area contributed by atoms with Gasteiger partial charge >= 0.3 is 24.0 Å². The van der Waals surface area contributed by atoms with Crippen molar-refractivity contribution in [1.29, 1.82) is 0 Å². The van der Waals surface area contributed by atoms with Crippen LogP contribution < -0.4 is 16.0 Å². The van der Waals surface area contributed by atoms with Crippen LogP contribution in [0.25, 0.3) is 0 Å². The number of thiazole rings is 1. The van der Waals surface area contributed by atoms with Crippen LogP contribution in [0.15, 0.2) is 89.1 Å². The Morgan fingerprint density at radius 3 is 2.47 bits per heavy atom. The molecule has 0 radical (unpaired) electrons. The Bertz CT molecular complexity index is 2130. The first-order chi connectivity index (χ1) is 27.2. The topological polar surface area (TPSA) is 221 Å². The number of amides is 4. The Morgan fingerprint density at radius 2 is 1.79 bits per heavy atom. The fourth-order valence-electron chi connectivity index (χ4n) is 5.54. The number of fused-ring (bicyclic) bond motifs is 1. The molecule has 0 bridgehead atoms. The summed E-state index contributed by atoms with van der Waals surface area (Å²) in [6, 6.07) is 14.7. The first-order valence-corrected chi connectivity index (χ1v) is 19.1. The minimum Gasteiger partial charge on any atom is -0.444 e. The maximum absolute atomic E-state index is 13.9. The summed E-state index contributed by atoms with van der Waals surface area (Å²) in [6.45, 7) is 7.95. The number of alkyl carbamates (subject to hydrolysis) is 1. The third kappa shape index (κ3) is 10.3. The number of anilines is 1.